The lowest BCUT2D eigenvalue weighted by molar-refractivity contribution is 0.474. The molecule has 3 N–H and O–H groups in total. The van der Waals surface area contributed by atoms with E-state index in [1.165, 1.54) is 6.07 Å². The summed E-state index contributed by atoms with van der Waals surface area (Å²) in [5.74, 6) is 0.198. The van der Waals surface area contributed by atoms with E-state index in [9.17, 15) is 5.11 Å². The van der Waals surface area contributed by atoms with Crippen molar-refractivity contribution < 1.29 is 5.11 Å². The second-order valence-electron chi connectivity index (χ2n) is 3.47. The van der Waals surface area contributed by atoms with Crippen LogP contribution in [0.3, 0.4) is 0 Å². The van der Waals surface area contributed by atoms with Gasteiger partial charge in [-0.2, -0.15) is 5.26 Å². The highest BCUT2D eigenvalue weighted by Crippen LogP contribution is 2.17. The first-order valence-electron chi connectivity index (χ1n) is 4.61. The zero-order valence-corrected chi connectivity index (χ0v) is 8.20. The van der Waals surface area contributed by atoms with Gasteiger partial charge in [0.1, 0.15) is 5.75 Å². The van der Waals surface area contributed by atoms with Crippen molar-refractivity contribution in [3.63, 3.8) is 0 Å². The lowest BCUT2D eigenvalue weighted by Crippen LogP contribution is -2.15. The summed E-state index contributed by atoms with van der Waals surface area (Å²) in [6.07, 6.45) is 1.55. The van der Waals surface area contributed by atoms with E-state index in [0.717, 1.165) is 18.4 Å². The molecule has 0 aliphatic heterocycles. The van der Waals surface area contributed by atoms with Crippen molar-refractivity contribution >= 4 is 0 Å². The number of rotatable bonds is 3. The molecule has 0 spiro atoms. The molecule has 1 unspecified atom stereocenters. The van der Waals surface area contributed by atoms with Crippen LogP contribution in [0.25, 0.3) is 0 Å². The Bertz CT molecular complexity index is 353. The zero-order chi connectivity index (χ0) is 10.6. The van der Waals surface area contributed by atoms with Gasteiger partial charge >= 0.3 is 0 Å². The second-order valence-corrected chi connectivity index (χ2v) is 3.47. The fourth-order valence-corrected chi connectivity index (χ4v) is 1.28. The van der Waals surface area contributed by atoms with Gasteiger partial charge < -0.3 is 10.8 Å². The number of hydrogen-bond donors (Lipinski definition) is 2. The predicted molar refractivity (Wildman–Crippen MR) is 54.8 cm³/mol. The Morgan fingerprint density at radius 3 is 2.86 bits per heavy atom. The van der Waals surface area contributed by atoms with Gasteiger partial charge in [0.15, 0.2) is 0 Å². The summed E-state index contributed by atoms with van der Waals surface area (Å²) in [5.41, 5.74) is 7.10. The topological polar surface area (TPSA) is 70.0 Å². The Kier molecular flexibility index (Phi) is 3.49. The number of hydrogen-bond acceptors (Lipinski definition) is 3. The third kappa shape index (κ3) is 2.75. The standard InChI is InChI=1S/C11H14N2O/c1-8(13)2-3-9-6-11(14)5-4-10(9)7-12/h4-6,8,14H,2-3,13H2,1H3. The third-order valence-corrected chi connectivity index (χ3v) is 2.08. The van der Waals surface area contributed by atoms with Crippen molar-refractivity contribution in [2.24, 2.45) is 5.73 Å². The maximum atomic E-state index is 9.26. The van der Waals surface area contributed by atoms with Gasteiger partial charge in [-0.25, -0.2) is 0 Å². The summed E-state index contributed by atoms with van der Waals surface area (Å²) in [4.78, 5) is 0. The first-order valence-corrected chi connectivity index (χ1v) is 4.61. The minimum atomic E-state index is 0.115. The van der Waals surface area contributed by atoms with Crippen molar-refractivity contribution in [2.75, 3.05) is 0 Å². The molecule has 0 aliphatic rings. The van der Waals surface area contributed by atoms with E-state index >= 15 is 0 Å². The molecule has 0 fully saturated rings. The average Bonchev–Trinajstić information content (AvgIpc) is 2.15. The van der Waals surface area contributed by atoms with Crippen LogP contribution in [0.15, 0.2) is 18.2 Å². The van der Waals surface area contributed by atoms with Crippen LogP contribution in [-0.2, 0) is 6.42 Å². The molecule has 0 radical (unpaired) electrons. The molecule has 0 aliphatic carbocycles. The maximum absolute atomic E-state index is 9.26. The molecule has 0 amide bonds. The van der Waals surface area contributed by atoms with Crippen LogP contribution in [0.4, 0.5) is 0 Å². The number of benzene rings is 1. The first-order chi connectivity index (χ1) is 6.63. The van der Waals surface area contributed by atoms with Crippen LogP contribution in [0.1, 0.15) is 24.5 Å². The first kappa shape index (κ1) is 10.6. The number of phenols is 1. The monoisotopic (exact) mass is 190 g/mol. The van der Waals surface area contributed by atoms with E-state index in [0.29, 0.717) is 5.56 Å². The van der Waals surface area contributed by atoms with E-state index in [1.807, 2.05) is 6.92 Å². The van der Waals surface area contributed by atoms with Gasteiger partial charge in [0.2, 0.25) is 0 Å². The van der Waals surface area contributed by atoms with Crippen molar-refractivity contribution in [3.05, 3.63) is 29.3 Å². The molecular formula is C11H14N2O. The Morgan fingerprint density at radius 1 is 1.57 bits per heavy atom. The minimum absolute atomic E-state index is 0.115. The van der Waals surface area contributed by atoms with Gasteiger partial charge in [-0.15, -0.1) is 0 Å². The molecule has 0 bridgehead atoms. The molecule has 0 aromatic heterocycles. The van der Waals surface area contributed by atoms with Gasteiger partial charge in [0, 0.05) is 6.04 Å². The third-order valence-electron chi connectivity index (χ3n) is 2.08. The van der Waals surface area contributed by atoms with E-state index in [-0.39, 0.29) is 11.8 Å². The molecule has 1 rings (SSSR count). The Balaban J connectivity index is 2.84. The molecule has 0 heterocycles. The summed E-state index contributed by atoms with van der Waals surface area (Å²) in [5, 5.41) is 18.1. The van der Waals surface area contributed by atoms with Crippen molar-refractivity contribution in [2.45, 2.75) is 25.8 Å². The highest BCUT2D eigenvalue weighted by molar-refractivity contribution is 5.42. The number of nitrogens with zero attached hydrogens (tertiary/aromatic N) is 1. The van der Waals surface area contributed by atoms with E-state index < -0.39 is 0 Å². The second kappa shape index (κ2) is 4.64. The number of nitriles is 1. The van der Waals surface area contributed by atoms with Crippen LogP contribution in [0, 0.1) is 11.3 Å². The highest BCUT2D eigenvalue weighted by atomic mass is 16.3. The fraction of sp³-hybridized carbons (Fsp3) is 0.364. The van der Waals surface area contributed by atoms with Crippen LogP contribution < -0.4 is 5.73 Å². The molecule has 74 valence electrons. The number of phenolic OH excluding ortho intramolecular Hbond substituents is 1. The number of nitrogens with two attached hydrogens (primary N) is 1. The van der Waals surface area contributed by atoms with Crippen LogP contribution >= 0.6 is 0 Å². The SMILES string of the molecule is CC(N)CCc1cc(O)ccc1C#N. The summed E-state index contributed by atoms with van der Waals surface area (Å²) in [7, 11) is 0. The van der Waals surface area contributed by atoms with E-state index in [1.54, 1.807) is 12.1 Å². The van der Waals surface area contributed by atoms with E-state index in [2.05, 4.69) is 6.07 Å². The molecular weight excluding hydrogens is 176 g/mol. The largest absolute Gasteiger partial charge is 0.508 e. The summed E-state index contributed by atoms with van der Waals surface area (Å²) in [6.45, 7) is 1.93. The summed E-state index contributed by atoms with van der Waals surface area (Å²) >= 11 is 0. The van der Waals surface area contributed by atoms with Gasteiger partial charge in [0.05, 0.1) is 11.6 Å². The van der Waals surface area contributed by atoms with Crippen molar-refractivity contribution in [3.8, 4) is 11.8 Å². The van der Waals surface area contributed by atoms with Crippen LogP contribution in [0.2, 0.25) is 0 Å². The Labute approximate surface area is 83.8 Å². The van der Waals surface area contributed by atoms with Crippen LogP contribution in [-0.4, -0.2) is 11.1 Å². The van der Waals surface area contributed by atoms with Gasteiger partial charge in [-0.1, -0.05) is 0 Å². The molecule has 0 saturated heterocycles. The van der Waals surface area contributed by atoms with Gasteiger partial charge in [-0.3, -0.25) is 0 Å². The lowest BCUT2D eigenvalue weighted by Gasteiger charge is -2.06. The lowest BCUT2D eigenvalue weighted by atomic mass is 10.0. The molecule has 1 aromatic carbocycles. The average molecular weight is 190 g/mol. The van der Waals surface area contributed by atoms with Gasteiger partial charge in [0.25, 0.3) is 0 Å². The smallest absolute Gasteiger partial charge is 0.115 e. The molecule has 3 heteroatoms. The van der Waals surface area contributed by atoms with Gasteiger partial charge in [-0.05, 0) is 43.5 Å². The molecule has 3 nitrogen and oxygen atoms in total. The highest BCUT2D eigenvalue weighted by Gasteiger charge is 2.04. The quantitative estimate of drug-likeness (QED) is 0.759. The predicted octanol–water partition coefficient (Wildman–Crippen LogP) is 1.54. The minimum Gasteiger partial charge on any atom is -0.508 e. The Hall–Kier alpha value is -1.53. The normalized spacial score (nSPS) is 12.1. The Morgan fingerprint density at radius 2 is 2.29 bits per heavy atom. The van der Waals surface area contributed by atoms with Crippen molar-refractivity contribution in [1.29, 1.82) is 5.26 Å². The number of aryl methyl sites for hydroxylation is 1. The van der Waals surface area contributed by atoms with E-state index in [4.69, 9.17) is 11.0 Å². The zero-order valence-electron chi connectivity index (χ0n) is 8.20. The van der Waals surface area contributed by atoms with Crippen molar-refractivity contribution in [1.82, 2.24) is 0 Å². The number of aromatic hydroxyl groups is 1. The fourth-order valence-electron chi connectivity index (χ4n) is 1.28. The summed E-state index contributed by atoms with van der Waals surface area (Å²) < 4.78 is 0. The maximum Gasteiger partial charge on any atom is 0.115 e. The van der Waals surface area contributed by atoms with Crippen LogP contribution in [0.5, 0.6) is 5.75 Å². The molecule has 14 heavy (non-hydrogen) atoms. The summed E-state index contributed by atoms with van der Waals surface area (Å²) in [6, 6.07) is 6.99. The molecule has 1 atom stereocenters. The molecule has 1 aromatic rings. The molecule has 0 saturated carbocycles.